The van der Waals surface area contributed by atoms with Crippen molar-refractivity contribution < 1.29 is 9.53 Å². The third kappa shape index (κ3) is 2.68. The first kappa shape index (κ1) is 15.5. The van der Waals surface area contributed by atoms with E-state index in [1.807, 2.05) is 36.4 Å². The van der Waals surface area contributed by atoms with Gasteiger partial charge in [0.2, 0.25) is 5.91 Å². The first-order valence-corrected chi connectivity index (χ1v) is 8.88. The van der Waals surface area contributed by atoms with E-state index in [1.54, 1.807) is 13.2 Å². The minimum Gasteiger partial charge on any atom is -0.495 e. The van der Waals surface area contributed by atoms with Crippen LogP contribution in [0.25, 0.3) is 0 Å². The van der Waals surface area contributed by atoms with Crippen molar-refractivity contribution in [2.45, 2.75) is 22.6 Å². The molecule has 2 atom stereocenters. The Morgan fingerprint density at radius 1 is 1.29 bits per heavy atom. The number of carbonyl (C=O) groups excluding carboxylic acids is 1. The number of fused-ring (bicyclic) bond motifs is 2. The van der Waals surface area contributed by atoms with Crippen LogP contribution < -0.4 is 10.1 Å². The molecule has 1 saturated heterocycles. The number of ether oxygens (including phenoxy) is 1. The second kappa shape index (κ2) is 6.15. The molecule has 2 unspecified atom stereocenters. The minimum absolute atomic E-state index is 0.00146. The summed E-state index contributed by atoms with van der Waals surface area (Å²) in [5.41, 5.74) is 2.79. The molecule has 2 aliphatic heterocycles. The Labute approximate surface area is 149 Å². The maximum Gasteiger partial charge on any atom is 0.239 e. The lowest BCUT2D eigenvalue weighted by Crippen LogP contribution is -2.47. The minimum atomic E-state index is -0.289. The van der Waals surface area contributed by atoms with Crippen molar-refractivity contribution >= 4 is 40.7 Å². The molecule has 2 heterocycles. The highest BCUT2D eigenvalue weighted by Gasteiger charge is 2.37. The maximum absolute atomic E-state index is 12.6. The van der Waals surface area contributed by atoms with Crippen LogP contribution in [0.5, 0.6) is 5.75 Å². The first-order valence-electron chi connectivity index (χ1n) is 7.62. The summed E-state index contributed by atoms with van der Waals surface area (Å²) in [6, 6.07) is 13.6. The fourth-order valence-electron chi connectivity index (χ4n) is 3.02. The van der Waals surface area contributed by atoms with Gasteiger partial charge in [-0.3, -0.25) is 9.79 Å². The lowest BCUT2D eigenvalue weighted by atomic mass is 9.95. The number of halogens is 1. The zero-order chi connectivity index (χ0) is 16.7. The molecule has 0 aromatic heterocycles. The standard InChI is InChI=1S/C18H15ClN2O2S/c1-23-15-9-16-13(7-11(15)19)20-14-8-12(10-5-3-2-4-6-10)21-18(22)17(14)24-16/h2-7,9,12,17H,8H2,1H3,(H,21,22). The quantitative estimate of drug-likeness (QED) is 0.877. The smallest absolute Gasteiger partial charge is 0.239 e. The van der Waals surface area contributed by atoms with Crippen molar-refractivity contribution in [2.24, 2.45) is 4.99 Å². The van der Waals surface area contributed by atoms with Gasteiger partial charge in [-0.05, 0) is 17.7 Å². The number of nitrogens with zero attached hydrogens (tertiary/aromatic N) is 1. The number of hydrogen-bond acceptors (Lipinski definition) is 4. The summed E-state index contributed by atoms with van der Waals surface area (Å²) in [5, 5.41) is 3.34. The normalized spacial score (nSPS) is 22.1. The lowest BCUT2D eigenvalue weighted by molar-refractivity contribution is -0.120. The first-order chi connectivity index (χ1) is 11.7. The molecule has 4 rings (SSSR count). The number of rotatable bonds is 2. The molecule has 0 aliphatic carbocycles. The van der Waals surface area contributed by atoms with Crippen molar-refractivity contribution in [3.8, 4) is 5.75 Å². The molecule has 0 bridgehead atoms. The van der Waals surface area contributed by atoms with E-state index in [9.17, 15) is 4.79 Å². The summed E-state index contributed by atoms with van der Waals surface area (Å²) >= 11 is 7.71. The van der Waals surface area contributed by atoms with Crippen molar-refractivity contribution in [3.05, 3.63) is 53.1 Å². The molecule has 1 N–H and O–H groups in total. The van der Waals surface area contributed by atoms with E-state index in [2.05, 4.69) is 5.32 Å². The van der Waals surface area contributed by atoms with Gasteiger partial charge in [-0.2, -0.15) is 0 Å². The number of carbonyl (C=O) groups is 1. The van der Waals surface area contributed by atoms with Crippen molar-refractivity contribution in [1.82, 2.24) is 5.32 Å². The number of piperidine rings is 1. The van der Waals surface area contributed by atoms with Crippen LogP contribution >= 0.6 is 23.4 Å². The lowest BCUT2D eigenvalue weighted by Gasteiger charge is -2.33. The monoisotopic (exact) mass is 358 g/mol. The number of nitrogens with one attached hydrogen (secondary N) is 1. The number of amides is 1. The van der Waals surface area contributed by atoms with Crippen LogP contribution in [0.15, 0.2) is 52.4 Å². The number of thioether (sulfide) groups is 1. The molecule has 2 aromatic rings. The van der Waals surface area contributed by atoms with Crippen LogP contribution in [0.2, 0.25) is 5.02 Å². The van der Waals surface area contributed by atoms with Crippen LogP contribution in [0, 0.1) is 0 Å². The van der Waals surface area contributed by atoms with Crippen LogP contribution in [0.1, 0.15) is 18.0 Å². The Morgan fingerprint density at radius 2 is 2.08 bits per heavy atom. The Hall–Kier alpha value is -1.98. The van der Waals surface area contributed by atoms with E-state index in [-0.39, 0.29) is 17.2 Å². The van der Waals surface area contributed by atoms with E-state index in [4.69, 9.17) is 21.3 Å². The Balaban J connectivity index is 1.70. The van der Waals surface area contributed by atoms with E-state index >= 15 is 0 Å². The third-order valence-electron chi connectivity index (χ3n) is 4.21. The summed E-state index contributed by atoms with van der Waals surface area (Å²) in [4.78, 5) is 18.2. The van der Waals surface area contributed by atoms with Crippen LogP contribution in [0.3, 0.4) is 0 Å². The van der Waals surface area contributed by atoms with Gasteiger partial charge in [0.15, 0.2) is 0 Å². The van der Waals surface area contributed by atoms with Crippen LogP contribution in [-0.4, -0.2) is 24.0 Å². The van der Waals surface area contributed by atoms with E-state index in [1.165, 1.54) is 11.8 Å². The average Bonchev–Trinajstić information content (AvgIpc) is 2.60. The van der Waals surface area contributed by atoms with Gasteiger partial charge in [0.1, 0.15) is 11.0 Å². The second-order valence-electron chi connectivity index (χ2n) is 5.73. The molecule has 6 heteroatoms. The number of aliphatic imine (C=N–C) groups is 1. The van der Waals surface area contributed by atoms with Crippen molar-refractivity contribution in [1.29, 1.82) is 0 Å². The molecule has 2 aromatic carbocycles. The summed E-state index contributed by atoms with van der Waals surface area (Å²) < 4.78 is 5.25. The molecule has 1 fully saturated rings. The highest BCUT2D eigenvalue weighted by Crippen LogP contribution is 2.45. The third-order valence-corrected chi connectivity index (χ3v) is 5.81. The van der Waals surface area contributed by atoms with Gasteiger partial charge in [-0.1, -0.05) is 41.9 Å². The van der Waals surface area contributed by atoms with Gasteiger partial charge >= 0.3 is 0 Å². The fourth-order valence-corrected chi connectivity index (χ4v) is 4.37. The molecule has 0 saturated carbocycles. The van der Waals surface area contributed by atoms with E-state index in [0.29, 0.717) is 17.2 Å². The van der Waals surface area contributed by atoms with Gasteiger partial charge < -0.3 is 10.1 Å². The van der Waals surface area contributed by atoms with Gasteiger partial charge in [0.25, 0.3) is 0 Å². The molecule has 0 spiro atoms. The van der Waals surface area contributed by atoms with Crippen LogP contribution in [-0.2, 0) is 4.79 Å². The molecule has 2 aliphatic rings. The predicted octanol–water partition coefficient (Wildman–Crippen LogP) is 4.16. The number of benzene rings is 2. The van der Waals surface area contributed by atoms with Gasteiger partial charge in [0.05, 0.1) is 23.9 Å². The molecular formula is C18H15ClN2O2S. The zero-order valence-corrected chi connectivity index (χ0v) is 14.5. The maximum atomic E-state index is 12.6. The molecule has 122 valence electrons. The Morgan fingerprint density at radius 3 is 2.83 bits per heavy atom. The molecule has 4 nitrogen and oxygen atoms in total. The predicted molar refractivity (Wildman–Crippen MR) is 96.7 cm³/mol. The summed E-state index contributed by atoms with van der Waals surface area (Å²) in [7, 11) is 1.58. The fraction of sp³-hybridized carbons (Fsp3) is 0.222. The van der Waals surface area contributed by atoms with Crippen LogP contribution in [0.4, 0.5) is 5.69 Å². The molecule has 1 amide bonds. The summed E-state index contributed by atoms with van der Waals surface area (Å²) in [6.07, 6.45) is 0.705. The number of hydrogen-bond donors (Lipinski definition) is 1. The van der Waals surface area contributed by atoms with Gasteiger partial charge in [0, 0.05) is 17.0 Å². The van der Waals surface area contributed by atoms with Gasteiger partial charge in [-0.15, -0.1) is 11.8 Å². The number of methoxy groups -OCH3 is 1. The Bertz CT molecular complexity index is 838. The molecular weight excluding hydrogens is 344 g/mol. The SMILES string of the molecule is COc1cc2c(cc1Cl)N=C1CC(c3ccccc3)NC(=O)C1S2. The highest BCUT2D eigenvalue weighted by atomic mass is 35.5. The topological polar surface area (TPSA) is 50.7 Å². The van der Waals surface area contributed by atoms with Crippen molar-refractivity contribution in [2.75, 3.05) is 7.11 Å². The summed E-state index contributed by atoms with van der Waals surface area (Å²) in [5.74, 6) is 0.596. The zero-order valence-electron chi connectivity index (χ0n) is 13.0. The second-order valence-corrected chi connectivity index (χ2v) is 7.29. The largest absolute Gasteiger partial charge is 0.495 e. The summed E-state index contributed by atoms with van der Waals surface area (Å²) in [6.45, 7) is 0. The molecule has 0 radical (unpaired) electrons. The highest BCUT2D eigenvalue weighted by molar-refractivity contribution is 8.01. The van der Waals surface area contributed by atoms with E-state index in [0.717, 1.165) is 21.9 Å². The van der Waals surface area contributed by atoms with Crippen molar-refractivity contribution in [3.63, 3.8) is 0 Å². The van der Waals surface area contributed by atoms with Gasteiger partial charge in [-0.25, -0.2) is 0 Å². The molecule has 24 heavy (non-hydrogen) atoms. The Kier molecular flexibility index (Phi) is 3.98. The average molecular weight is 359 g/mol. The van der Waals surface area contributed by atoms with E-state index < -0.39 is 0 Å².